The molecule has 0 amide bonds. The summed E-state index contributed by atoms with van der Waals surface area (Å²) in [6.45, 7) is 0. The molecule has 0 saturated carbocycles. The van der Waals surface area contributed by atoms with Crippen molar-refractivity contribution < 1.29 is 8.48 Å². The van der Waals surface area contributed by atoms with Crippen LogP contribution in [0.2, 0.25) is 0 Å². The number of hydrogen-bond acceptors (Lipinski definition) is 5. The third kappa shape index (κ3) is 3.33. The first-order valence-electron chi connectivity index (χ1n) is 13.0. The third-order valence-corrected chi connectivity index (χ3v) is 13.8. The molecule has 0 radical (unpaired) electrons. The van der Waals surface area contributed by atoms with Crippen LogP contribution in [-0.2, 0) is 3.74 Å². The van der Waals surface area contributed by atoms with Crippen molar-refractivity contribution in [1.82, 2.24) is 19.5 Å². The zero-order chi connectivity index (χ0) is 26.7. The van der Waals surface area contributed by atoms with Crippen LogP contribution in [0.15, 0.2) is 128 Å². The van der Waals surface area contributed by atoms with Gasteiger partial charge in [0.25, 0.3) is 0 Å². The van der Waals surface area contributed by atoms with E-state index in [9.17, 15) is 3.74 Å². The molecule has 7 heteroatoms. The summed E-state index contributed by atoms with van der Waals surface area (Å²) in [4.78, 5) is 14.1. The Kier molecular flexibility index (Phi) is 5.06. The summed E-state index contributed by atoms with van der Waals surface area (Å²) in [7, 11) is 0. The molecule has 1 atom stereocenters. The van der Waals surface area contributed by atoms with E-state index in [0.717, 1.165) is 41.8 Å². The standard InChI is InChI=1S/C33H21AsN4O2/c39-34(30-14-5-6-19-35-30)27-12-3-1-9-23(27)24-18-17-22(21-28(24)34)40-32-16-7-15-31(37-32)38-29-13-4-2-10-25(29)26-11-8-20-36-33(26)38/h1-21H. The fraction of sp³-hybridized carbons (Fsp3) is 0. The molecule has 1 aliphatic heterocycles. The van der Waals surface area contributed by atoms with Gasteiger partial charge in [-0.05, 0) is 0 Å². The number of pyridine rings is 3. The van der Waals surface area contributed by atoms with Gasteiger partial charge in [0.2, 0.25) is 0 Å². The predicted molar refractivity (Wildman–Crippen MR) is 158 cm³/mol. The molecular weight excluding hydrogens is 559 g/mol. The molecule has 0 fully saturated rings. The van der Waals surface area contributed by atoms with Gasteiger partial charge in [-0.1, -0.05) is 0 Å². The van der Waals surface area contributed by atoms with Crippen LogP contribution in [0.3, 0.4) is 0 Å². The molecule has 0 bridgehead atoms. The summed E-state index contributed by atoms with van der Waals surface area (Å²) in [5, 5.41) is 2.18. The number of rotatable bonds is 4. The van der Waals surface area contributed by atoms with Gasteiger partial charge in [0.15, 0.2) is 0 Å². The number of nitrogens with zero attached hydrogens (tertiary/aromatic N) is 4. The minimum atomic E-state index is -3.99. The molecule has 0 N–H and O–H groups in total. The van der Waals surface area contributed by atoms with Crippen molar-refractivity contribution in [2.24, 2.45) is 0 Å². The van der Waals surface area contributed by atoms with E-state index in [1.807, 2.05) is 97.1 Å². The van der Waals surface area contributed by atoms with Gasteiger partial charge in [-0.2, -0.15) is 0 Å². The second kappa shape index (κ2) is 8.80. The molecule has 0 spiro atoms. The fourth-order valence-corrected chi connectivity index (χ4v) is 11.9. The van der Waals surface area contributed by atoms with E-state index in [-0.39, 0.29) is 0 Å². The number of ether oxygens (including phenoxy) is 1. The Hall–Kier alpha value is -4.93. The van der Waals surface area contributed by atoms with Gasteiger partial charge < -0.3 is 0 Å². The second-order valence-corrected chi connectivity index (χ2v) is 15.2. The van der Waals surface area contributed by atoms with Gasteiger partial charge in [-0.15, -0.1) is 0 Å². The minimum absolute atomic E-state index is 0.440. The van der Waals surface area contributed by atoms with Crippen molar-refractivity contribution in [1.29, 1.82) is 0 Å². The summed E-state index contributed by atoms with van der Waals surface area (Å²) in [6.07, 6.45) is 3.50. The number of hydrogen-bond donors (Lipinski definition) is 0. The monoisotopic (exact) mass is 580 g/mol. The van der Waals surface area contributed by atoms with Gasteiger partial charge in [0.05, 0.1) is 0 Å². The molecule has 190 valence electrons. The molecule has 3 aromatic carbocycles. The van der Waals surface area contributed by atoms with Gasteiger partial charge in [-0.25, -0.2) is 0 Å². The molecular formula is C33H21AsN4O2. The first kappa shape index (κ1) is 23.0. The van der Waals surface area contributed by atoms with Crippen molar-refractivity contribution in [3.8, 4) is 28.6 Å². The predicted octanol–water partition coefficient (Wildman–Crippen LogP) is 5.14. The summed E-state index contributed by atoms with van der Waals surface area (Å²) >= 11 is -3.99. The quantitative estimate of drug-likeness (QED) is 0.270. The fourth-order valence-electron chi connectivity index (χ4n) is 5.69. The first-order valence-corrected chi connectivity index (χ1v) is 16.6. The Morgan fingerprint density at radius 3 is 2.38 bits per heavy atom. The van der Waals surface area contributed by atoms with Crippen LogP contribution in [-0.4, -0.2) is 33.0 Å². The molecule has 0 saturated heterocycles. The molecule has 6 nitrogen and oxygen atoms in total. The molecule has 40 heavy (non-hydrogen) atoms. The summed E-state index contributed by atoms with van der Waals surface area (Å²) in [5.74, 6) is 1.73. The summed E-state index contributed by atoms with van der Waals surface area (Å²) < 4.78 is 25.5. The van der Waals surface area contributed by atoms with Gasteiger partial charge in [-0.3, -0.25) is 0 Å². The van der Waals surface area contributed by atoms with E-state index in [4.69, 9.17) is 9.72 Å². The molecule has 0 aliphatic carbocycles. The zero-order valence-corrected chi connectivity index (χ0v) is 23.1. The van der Waals surface area contributed by atoms with Crippen LogP contribution in [0.4, 0.5) is 0 Å². The van der Waals surface area contributed by atoms with E-state index in [2.05, 4.69) is 32.7 Å². The molecule has 1 aliphatic rings. The van der Waals surface area contributed by atoms with Gasteiger partial charge >= 0.3 is 233 Å². The Balaban J connectivity index is 1.23. The molecule has 1 unspecified atom stereocenters. The Bertz CT molecular complexity index is 2090. The van der Waals surface area contributed by atoms with Crippen molar-refractivity contribution >= 4 is 48.6 Å². The molecule has 8 rings (SSSR count). The summed E-state index contributed by atoms with van der Waals surface area (Å²) in [5.41, 5.74) is 3.82. The Morgan fingerprint density at radius 1 is 0.650 bits per heavy atom. The van der Waals surface area contributed by atoms with E-state index >= 15 is 0 Å². The van der Waals surface area contributed by atoms with Crippen LogP contribution in [0.1, 0.15) is 0 Å². The number of fused-ring (bicyclic) bond motifs is 6. The molecule has 7 aromatic rings. The number of aromatic nitrogens is 4. The van der Waals surface area contributed by atoms with Crippen LogP contribution >= 0.6 is 0 Å². The Morgan fingerprint density at radius 2 is 1.45 bits per heavy atom. The topological polar surface area (TPSA) is 69.9 Å². The summed E-state index contributed by atoms with van der Waals surface area (Å²) in [6, 6.07) is 37.3. The van der Waals surface area contributed by atoms with Crippen molar-refractivity contribution in [2.75, 3.05) is 0 Å². The Labute approximate surface area is 232 Å². The normalized spacial score (nSPS) is 15.7. The second-order valence-electron chi connectivity index (χ2n) is 9.66. The maximum absolute atomic E-state index is 14.8. The first-order chi connectivity index (χ1) is 19.7. The van der Waals surface area contributed by atoms with Crippen molar-refractivity contribution in [3.05, 3.63) is 128 Å². The van der Waals surface area contributed by atoms with Crippen LogP contribution in [0.25, 0.3) is 38.9 Å². The molecule has 5 heterocycles. The number of para-hydroxylation sites is 1. The van der Waals surface area contributed by atoms with Gasteiger partial charge in [0, 0.05) is 0 Å². The van der Waals surface area contributed by atoms with E-state index < -0.39 is 13.5 Å². The SMILES string of the molecule is O=[As]1(c2ccccn2)c2ccccc2-c2ccc(Oc3cccc(-n4c5ccccc5c5cccnc54)n3)cc21. The van der Waals surface area contributed by atoms with Crippen LogP contribution in [0.5, 0.6) is 11.6 Å². The maximum atomic E-state index is 14.8. The van der Waals surface area contributed by atoms with Crippen molar-refractivity contribution in [2.45, 2.75) is 0 Å². The van der Waals surface area contributed by atoms with Crippen molar-refractivity contribution in [3.63, 3.8) is 0 Å². The number of benzene rings is 3. The van der Waals surface area contributed by atoms with Crippen LogP contribution < -0.4 is 17.9 Å². The third-order valence-electron chi connectivity index (χ3n) is 7.41. The average molecular weight is 580 g/mol. The van der Waals surface area contributed by atoms with E-state index in [1.54, 1.807) is 12.4 Å². The van der Waals surface area contributed by atoms with E-state index in [1.165, 1.54) is 0 Å². The zero-order valence-electron chi connectivity index (χ0n) is 21.2. The van der Waals surface area contributed by atoms with Crippen LogP contribution in [0, 0.1) is 0 Å². The van der Waals surface area contributed by atoms with Gasteiger partial charge in [0.1, 0.15) is 0 Å². The van der Waals surface area contributed by atoms with E-state index in [0.29, 0.717) is 21.9 Å². The molecule has 4 aromatic heterocycles. The average Bonchev–Trinajstić information content (AvgIpc) is 3.48.